The first-order valence-corrected chi connectivity index (χ1v) is 12.1. The third kappa shape index (κ3) is 11.8. The second-order valence-electron chi connectivity index (χ2n) is 9.13. The minimum absolute atomic E-state index is 0.0230. The Morgan fingerprint density at radius 3 is 2.16 bits per heavy atom. The summed E-state index contributed by atoms with van der Waals surface area (Å²) in [7, 11) is 2.91. The van der Waals surface area contributed by atoms with Crippen molar-refractivity contribution < 1.29 is 33.8 Å². The molecule has 0 aromatic heterocycles. The van der Waals surface area contributed by atoms with E-state index in [4.69, 9.17) is 21.3 Å². The number of benzene rings is 1. The van der Waals surface area contributed by atoms with Gasteiger partial charge in [0.15, 0.2) is 0 Å². The summed E-state index contributed by atoms with van der Waals surface area (Å²) in [6.07, 6.45) is -1.06. The summed E-state index contributed by atoms with van der Waals surface area (Å²) in [5.41, 5.74) is 12.1. The number of primary amides is 1. The second-order valence-corrected chi connectivity index (χ2v) is 9.13. The van der Waals surface area contributed by atoms with Crippen LogP contribution in [-0.4, -0.2) is 90.8 Å². The zero-order valence-electron chi connectivity index (χ0n) is 22.2. The normalized spacial score (nSPS) is 12.2. The highest BCUT2D eigenvalue weighted by molar-refractivity contribution is 5.97. The van der Waals surface area contributed by atoms with Crippen LogP contribution in [0.2, 0.25) is 0 Å². The van der Waals surface area contributed by atoms with Crippen LogP contribution in [0, 0.1) is 5.92 Å². The van der Waals surface area contributed by atoms with Crippen molar-refractivity contribution in [2.75, 3.05) is 39.0 Å². The van der Waals surface area contributed by atoms with Crippen LogP contribution < -0.4 is 27.4 Å². The lowest BCUT2D eigenvalue weighted by atomic mass is 10.0. The molecule has 1 aromatic carbocycles. The number of amides is 6. The van der Waals surface area contributed by atoms with Crippen LogP contribution in [0.25, 0.3) is 0 Å². The van der Waals surface area contributed by atoms with Crippen LogP contribution in [0.5, 0.6) is 0 Å². The molecule has 1 aromatic rings. The number of hydrogen-bond acceptors (Lipinski definition) is 7. The molecule has 6 amide bonds. The van der Waals surface area contributed by atoms with E-state index in [9.17, 15) is 24.0 Å². The quantitative estimate of drug-likeness (QED) is 0.186. The van der Waals surface area contributed by atoms with E-state index in [0.717, 1.165) is 4.90 Å². The fourth-order valence-electron chi connectivity index (χ4n) is 3.01. The third-order valence-electron chi connectivity index (χ3n) is 5.62. The Morgan fingerprint density at radius 1 is 1.00 bits per heavy atom. The maximum atomic E-state index is 12.9. The summed E-state index contributed by atoms with van der Waals surface area (Å²) >= 11 is 0. The Hall–Kier alpha value is -4.07. The summed E-state index contributed by atoms with van der Waals surface area (Å²) in [6.45, 7) is 4.12. The van der Waals surface area contributed by atoms with Crippen molar-refractivity contribution in [3.05, 3.63) is 29.8 Å². The van der Waals surface area contributed by atoms with Crippen molar-refractivity contribution in [1.82, 2.24) is 20.4 Å². The fraction of sp³-hybridized carbons (Fsp3) is 0.542. The lowest BCUT2D eigenvalue weighted by Crippen LogP contribution is -2.51. The number of carbonyl (C=O) groups is 5. The first-order valence-electron chi connectivity index (χ1n) is 12.1. The van der Waals surface area contributed by atoms with Gasteiger partial charge in [0, 0.05) is 39.4 Å². The molecule has 0 saturated carbocycles. The van der Waals surface area contributed by atoms with Crippen molar-refractivity contribution in [3.8, 4) is 0 Å². The smallest absolute Gasteiger partial charge is 0.409 e. The molecule has 0 fully saturated rings. The Balaban J connectivity index is 2.68. The van der Waals surface area contributed by atoms with Gasteiger partial charge in [-0.1, -0.05) is 26.0 Å². The molecule has 0 bridgehead atoms. The molecule has 0 aliphatic rings. The predicted octanol–water partition coefficient (Wildman–Crippen LogP) is 0.720. The van der Waals surface area contributed by atoms with Crippen molar-refractivity contribution in [1.29, 1.82) is 0 Å². The van der Waals surface area contributed by atoms with Crippen LogP contribution in [0.4, 0.5) is 20.1 Å². The third-order valence-corrected chi connectivity index (χ3v) is 5.62. The van der Waals surface area contributed by atoms with Crippen molar-refractivity contribution in [2.45, 2.75) is 45.4 Å². The number of urea groups is 1. The van der Waals surface area contributed by atoms with Gasteiger partial charge in [0.2, 0.25) is 11.8 Å². The van der Waals surface area contributed by atoms with Crippen molar-refractivity contribution >= 4 is 35.7 Å². The Bertz CT molecular complexity index is 956. The summed E-state index contributed by atoms with van der Waals surface area (Å²) < 4.78 is 5.23. The van der Waals surface area contributed by atoms with Gasteiger partial charge in [-0.25, -0.2) is 14.4 Å². The highest BCUT2D eigenvalue weighted by Crippen LogP contribution is 2.13. The van der Waals surface area contributed by atoms with Crippen molar-refractivity contribution in [2.24, 2.45) is 17.4 Å². The number of ether oxygens (including phenoxy) is 1. The highest BCUT2D eigenvalue weighted by Gasteiger charge is 2.25. The topological polar surface area (TPSA) is 209 Å². The Morgan fingerprint density at radius 2 is 1.61 bits per heavy atom. The molecule has 2 atom stereocenters. The first kappa shape index (κ1) is 32.0. The number of anilines is 1. The standard InChI is InChI=1S/C24H39N7O7/c1-15(2)19(25)21(33)29-18(6-5-11-27-22(26)34)20(32)28-17-9-7-16(8-10-17)14-38-24(37)31(4)13-12-30(3)23(35)36/h7-10,15,18-19H,5-6,11-14,25H2,1-4H3,(H,28,32)(H,29,33)(H,35,36)(H3,26,27,34)/t18-,19-/m1/s1. The number of carboxylic acid groups (broad SMARTS) is 1. The molecular weight excluding hydrogens is 498 g/mol. The monoisotopic (exact) mass is 537 g/mol. The molecule has 0 aliphatic carbocycles. The van der Waals surface area contributed by atoms with Gasteiger partial charge < -0.3 is 47.1 Å². The molecule has 0 heterocycles. The van der Waals surface area contributed by atoms with Crippen LogP contribution in [-0.2, 0) is 20.9 Å². The van der Waals surface area contributed by atoms with E-state index < -0.39 is 42.1 Å². The van der Waals surface area contributed by atoms with E-state index in [2.05, 4.69) is 16.0 Å². The lowest BCUT2D eigenvalue weighted by Gasteiger charge is -2.22. The predicted molar refractivity (Wildman–Crippen MR) is 140 cm³/mol. The molecular formula is C24H39N7O7. The minimum atomic E-state index is -1.09. The first-order chi connectivity index (χ1) is 17.8. The molecule has 14 nitrogen and oxygen atoms in total. The van der Waals surface area contributed by atoms with Crippen LogP contribution in [0.1, 0.15) is 32.3 Å². The number of hydrogen-bond donors (Lipinski definition) is 6. The number of nitrogens with two attached hydrogens (primary N) is 2. The molecule has 0 spiro atoms. The number of carbonyl (C=O) groups excluding carboxylic acids is 4. The van der Waals surface area contributed by atoms with Gasteiger partial charge >= 0.3 is 18.2 Å². The minimum Gasteiger partial charge on any atom is -0.465 e. The molecule has 0 unspecified atom stereocenters. The zero-order chi connectivity index (χ0) is 28.8. The van der Waals surface area contributed by atoms with Gasteiger partial charge in [0.25, 0.3) is 0 Å². The van der Waals surface area contributed by atoms with Gasteiger partial charge in [0.05, 0.1) is 6.04 Å². The van der Waals surface area contributed by atoms with Crippen molar-refractivity contribution in [3.63, 3.8) is 0 Å². The van der Waals surface area contributed by atoms with Gasteiger partial charge in [-0.15, -0.1) is 0 Å². The van der Waals surface area contributed by atoms with Gasteiger partial charge in [-0.05, 0) is 36.5 Å². The van der Waals surface area contributed by atoms with E-state index in [0.29, 0.717) is 17.7 Å². The maximum Gasteiger partial charge on any atom is 0.409 e. The molecule has 0 aliphatic heterocycles. The lowest BCUT2D eigenvalue weighted by molar-refractivity contribution is -0.128. The molecule has 0 radical (unpaired) electrons. The summed E-state index contributed by atoms with van der Waals surface area (Å²) in [5.74, 6) is -1.04. The summed E-state index contributed by atoms with van der Waals surface area (Å²) in [4.78, 5) is 61.5. The largest absolute Gasteiger partial charge is 0.465 e. The van der Waals surface area contributed by atoms with Gasteiger partial charge in [-0.3, -0.25) is 9.59 Å². The molecule has 8 N–H and O–H groups in total. The fourth-order valence-corrected chi connectivity index (χ4v) is 3.01. The Labute approximate surface area is 222 Å². The van der Waals surface area contributed by atoms with E-state index in [1.807, 2.05) is 0 Å². The number of rotatable bonds is 14. The van der Waals surface area contributed by atoms with Crippen LogP contribution >= 0.6 is 0 Å². The maximum absolute atomic E-state index is 12.9. The summed E-state index contributed by atoms with van der Waals surface area (Å²) in [6, 6.07) is 4.23. The molecule has 0 saturated heterocycles. The average Bonchev–Trinajstić information content (AvgIpc) is 2.86. The van der Waals surface area contributed by atoms with E-state index in [-0.39, 0.29) is 38.6 Å². The van der Waals surface area contributed by atoms with Crippen LogP contribution in [0.15, 0.2) is 24.3 Å². The van der Waals surface area contributed by atoms with Gasteiger partial charge in [-0.2, -0.15) is 0 Å². The number of nitrogens with zero attached hydrogens (tertiary/aromatic N) is 2. The highest BCUT2D eigenvalue weighted by atomic mass is 16.6. The van der Waals surface area contributed by atoms with E-state index in [1.54, 1.807) is 38.1 Å². The van der Waals surface area contributed by atoms with E-state index >= 15 is 0 Å². The SMILES string of the molecule is CC(C)[C@@H](N)C(=O)N[C@H](CCCNC(N)=O)C(=O)Nc1ccc(COC(=O)N(C)CCN(C)C(=O)O)cc1. The van der Waals surface area contributed by atoms with Gasteiger partial charge in [0.1, 0.15) is 12.6 Å². The number of nitrogens with one attached hydrogen (secondary N) is 3. The summed E-state index contributed by atoms with van der Waals surface area (Å²) in [5, 5.41) is 16.7. The molecule has 38 heavy (non-hydrogen) atoms. The molecule has 14 heteroatoms. The zero-order valence-corrected chi connectivity index (χ0v) is 22.2. The average molecular weight is 538 g/mol. The van der Waals surface area contributed by atoms with E-state index in [1.165, 1.54) is 19.0 Å². The molecule has 1 rings (SSSR count). The number of likely N-dealkylation sites (N-methyl/N-ethyl adjacent to an activating group) is 2. The molecule has 212 valence electrons. The van der Waals surface area contributed by atoms with Crippen LogP contribution in [0.3, 0.4) is 0 Å². The second kappa shape index (κ2) is 15.9. The Kier molecular flexibility index (Phi) is 13.4.